The van der Waals surface area contributed by atoms with Gasteiger partial charge in [0.15, 0.2) is 5.17 Å². The van der Waals surface area contributed by atoms with Crippen LogP contribution in [0.5, 0.6) is 0 Å². The molecule has 0 fully saturated rings. The van der Waals surface area contributed by atoms with Crippen LogP contribution in [0, 0.1) is 0 Å². The molecule has 1 aliphatic heterocycles. The molecule has 1 heterocycles. The average molecular weight is 472 g/mol. The fourth-order valence-corrected chi connectivity index (χ4v) is 5.22. The molecule has 0 aromatic heterocycles. The zero-order valence-corrected chi connectivity index (χ0v) is 18.1. The van der Waals surface area contributed by atoms with Gasteiger partial charge in [-0.2, -0.15) is 21.6 Å². The quantitative estimate of drug-likeness (QED) is 0.658. The van der Waals surface area contributed by atoms with Crippen LogP contribution in [0.15, 0.2) is 57.8 Å². The summed E-state index contributed by atoms with van der Waals surface area (Å²) in [5.41, 5.74) is -0.374. The minimum atomic E-state index is -4.52. The number of fused-ring (bicyclic) bond motifs is 1. The van der Waals surface area contributed by atoms with Crippen LogP contribution in [0.1, 0.15) is 25.3 Å². The molecule has 6 nitrogen and oxygen atoms in total. The summed E-state index contributed by atoms with van der Waals surface area (Å²) in [6.07, 6.45) is -2.86. The number of alkyl halides is 3. The van der Waals surface area contributed by atoms with E-state index in [1.54, 1.807) is 23.1 Å². The Bertz CT molecular complexity index is 1100. The van der Waals surface area contributed by atoms with Gasteiger partial charge in [-0.15, -0.1) is 4.40 Å². The predicted octanol–water partition coefficient (Wildman–Crippen LogP) is 4.74. The van der Waals surface area contributed by atoms with E-state index in [0.29, 0.717) is 12.2 Å². The number of sulfonamides is 1. The van der Waals surface area contributed by atoms with Crippen LogP contribution in [0.25, 0.3) is 0 Å². The Hall–Kier alpha value is -2.53. The van der Waals surface area contributed by atoms with Crippen LogP contribution in [0.2, 0.25) is 0 Å². The highest BCUT2D eigenvalue weighted by molar-refractivity contribution is 8.15. The van der Waals surface area contributed by atoms with E-state index in [4.69, 9.17) is 0 Å². The SMILES string of the molecule is CCCCN1C(SCC(=O)Nc2cccc(C(F)(F)F)c2)=NS(=O)(=O)c2ccccc21. The van der Waals surface area contributed by atoms with Crippen LogP contribution < -0.4 is 10.2 Å². The maximum Gasteiger partial charge on any atom is 0.416 e. The monoisotopic (exact) mass is 471 g/mol. The van der Waals surface area contributed by atoms with Gasteiger partial charge in [-0.3, -0.25) is 4.79 Å². The number of unbranched alkanes of at least 4 members (excludes halogenated alkanes) is 1. The summed E-state index contributed by atoms with van der Waals surface area (Å²) in [5, 5.41) is 2.57. The van der Waals surface area contributed by atoms with E-state index in [2.05, 4.69) is 9.71 Å². The number of carbonyl (C=O) groups is 1. The second kappa shape index (κ2) is 9.31. The normalized spacial score (nSPS) is 15.2. The van der Waals surface area contributed by atoms with Gasteiger partial charge < -0.3 is 10.2 Å². The second-order valence-electron chi connectivity index (χ2n) is 6.74. The molecule has 2 aromatic carbocycles. The van der Waals surface area contributed by atoms with Gasteiger partial charge >= 0.3 is 6.18 Å². The summed E-state index contributed by atoms with van der Waals surface area (Å²) in [4.78, 5) is 14.2. The van der Waals surface area contributed by atoms with E-state index in [0.717, 1.165) is 36.7 Å². The average Bonchev–Trinajstić information content (AvgIpc) is 2.71. The molecule has 31 heavy (non-hydrogen) atoms. The standard InChI is InChI=1S/C20H20F3N3O3S2/c1-2-3-11-26-16-9-4-5-10-17(16)31(28,29)25-19(26)30-13-18(27)24-15-8-6-7-14(12-15)20(21,22)23/h4-10,12H,2-3,11,13H2,1H3,(H,24,27). The lowest BCUT2D eigenvalue weighted by molar-refractivity contribution is -0.137. The molecule has 0 atom stereocenters. The van der Waals surface area contributed by atoms with E-state index >= 15 is 0 Å². The van der Waals surface area contributed by atoms with Crippen molar-refractivity contribution in [1.82, 2.24) is 0 Å². The molecule has 0 bridgehead atoms. The minimum Gasteiger partial charge on any atom is -0.325 e. The maximum absolute atomic E-state index is 12.8. The molecule has 0 saturated heterocycles. The largest absolute Gasteiger partial charge is 0.416 e. The number of nitrogens with zero attached hydrogens (tertiary/aromatic N) is 2. The van der Waals surface area contributed by atoms with E-state index in [1.165, 1.54) is 18.2 Å². The Kier molecular flexibility index (Phi) is 6.95. The number of benzene rings is 2. The second-order valence-corrected chi connectivity index (χ2v) is 9.25. The number of rotatable bonds is 6. The summed E-state index contributed by atoms with van der Waals surface area (Å²) in [6, 6.07) is 10.8. The van der Waals surface area contributed by atoms with Crippen molar-refractivity contribution >= 4 is 44.2 Å². The Labute approximate surface area is 182 Å². The highest BCUT2D eigenvalue weighted by Gasteiger charge is 2.32. The van der Waals surface area contributed by atoms with Crippen molar-refractivity contribution in [2.45, 2.75) is 30.8 Å². The van der Waals surface area contributed by atoms with E-state index in [-0.39, 0.29) is 21.5 Å². The summed E-state index contributed by atoms with van der Waals surface area (Å²) >= 11 is 0.921. The number of nitrogens with one attached hydrogen (secondary N) is 1. The fraction of sp³-hybridized carbons (Fsp3) is 0.300. The summed E-state index contributed by atoms with van der Waals surface area (Å²) < 4.78 is 67.5. The van der Waals surface area contributed by atoms with Crippen molar-refractivity contribution < 1.29 is 26.4 Å². The number of para-hydroxylation sites is 1. The number of amides is 1. The van der Waals surface area contributed by atoms with Crippen molar-refractivity contribution in [3.8, 4) is 0 Å². The number of hydrogen-bond donors (Lipinski definition) is 1. The molecule has 3 rings (SSSR count). The van der Waals surface area contributed by atoms with Crippen molar-refractivity contribution in [2.75, 3.05) is 22.5 Å². The molecule has 0 saturated carbocycles. The molecule has 0 spiro atoms. The first-order valence-corrected chi connectivity index (χ1v) is 11.9. The first-order chi connectivity index (χ1) is 14.6. The number of thioether (sulfide) groups is 1. The van der Waals surface area contributed by atoms with E-state index in [1.807, 2.05) is 6.92 Å². The maximum atomic E-state index is 12.8. The van der Waals surface area contributed by atoms with Gasteiger partial charge in [-0.1, -0.05) is 43.3 Å². The number of carbonyl (C=O) groups excluding carboxylic acids is 1. The van der Waals surface area contributed by atoms with Crippen molar-refractivity contribution in [3.63, 3.8) is 0 Å². The molecule has 166 valence electrons. The Morgan fingerprint density at radius 1 is 1.16 bits per heavy atom. The molecule has 0 unspecified atom stereocenters. The summed E-state index contributed by atoms with van der Waals surface area (Å²) in [5.74, 6) is -0.784. The number of hydrogen-bond acceptors (Lipinski definition) is 5. The number of halogens is 3. The van der Waals surface area contributed by atoms with Gasteiger partial charge in [-0.05, 0) is 36.8 Å². The van der Waals surface area contributed by atoms with Gasteiger partial charge in [0, 0.05) is 12.2 Å². The fourth-order valence-electron chi connectivity index (χ4n) is 2.94. The Morgan fingerprint density at radius 2 is 1.90 bits per heavy atom. The van der Waals surface area contributed by atoms with Crippen molar-refractivity contribution in [3.05, 3.63) is 54.1 Å². The molecule has 1 amide bonds. The van der Waals surface area contributed by atoms with E-state index < -0.39 is 27.7 Å². The van der Waals surface area contributed by atoms with Crippen LogP contribution >= 0.6 is 11.8 Å². The Morgan fingerprint density at radius 3 is 2.61 bits per heavy atom. The van der Waals surface area contributed by atoms with Gasteiger partial charge in [-0.25, -0.2) is 0 Å². The highest BCUT2D eigenvalue weighted by Crippen LogP contribution is 2.34. The first kappa shape index (κ1) is 23.1. The summed E-state index contributed by atoms with van der Waals surface area (Å²) in [6.45, 7) is 2.52. The van der Waals surface area contributed by atoms with Crippen LogP contribution in [0.4, 0.5) is 24.5 Å². The lowest BCUT2D eigenvalue weighted by Crippen LogP contribution is -2.35. The lowest BCUT2D eigenvalue weighted by atomic mass is 10.2. The highest BCUT2D eigenvalue weighted by atomic mass is 32.2. The zero-order valence-electron chi connectivity index (χ0n) is 16.5. The number of anilines is 2. The Balaban J connectivity index is 1.75. The van der Waals surface area contributed by atoms with Crippen LogP contribution in [-0.4, -0.2) is 31.8 Å². The van der Waals surface area contributed by atoms with Crippen LogP contribution in [0.3, 0.4) is 0 Å². The van der Waals surface area contributed by atoms with Gasteiger partial charge in [0.25, 0.3) is 10.0 Å². The van der Waals surface area contributed by atoms with Gasteiger partial charge in [0.2, 0.25) is 5.91 Å². The molecule has 2 aromatic rings. The zero-order chi connectivity index (χ0) is 22.6. The molecular weight excluding hydrogens is 451 g/mol. The molecular formula is C20H20F3N3O3S2. The smallest absolute Gasteiger partial charge is 0.325 e. The van der Waals surface area contributed by atoms with Crippen molar-refractivity contribution in [2.24, 2.45) is 4.40 Å². The number of amidine groups is 1. The minimum absolute atomic E-state index is 0.00631. The van der Waals surface area contributed by atoms with E-state index in [9.17, 15) is 26.4 Å². The first-order valence-electron chi connectivity index (χ1n) is 9.43. The van der Waals surface area contributed by atoms with Crippen LogP contribution in [-0.2, 0) is 21.0 Å². The lowest BCUT2D eigenvalue weighted by Gasteiger charge is -2.30. The van der Waals surface area contributed by atoms with Gasteiger partial charge in [0.05, 0.1) is 17.0 Å². The molecule has 0 aliphatic carbocycles. The third kappa shape index (κ3) is 5.59. The topological polar surface area (TPSA) is 78.8 Å². The molecule has 11 heteroatoms. The third-order valence-electron chi connectivity index (χ3n) is 4.40. The molecule has 0 radical (unpaired) electrons. The third-order valence-corrected chi connectivity index (χ3v) is 6.81. The van der Waals surface area contributed by atoms with Crippen molar-refractivity contribution in [1.29, 1.82) is 0 Å². The molecule has 1 N–H and O–H groups in total. The molecule has 1 aliphatic rings. The summed E-state index contributed by atoms with van der Waals surface area (Å²) in [7, 11) is -3.91. The predicted molar refractivity (Wildman–Crippen MR) is 116 cm³/mol. The van der Waals surface area contributed by atoms with Gasteiger partial charge in [0.1, 0.15) is 4.90 Å².